The highest BCUT2D eigenvalue weighted by molar-refractivity contribution is 5.32. The van der Waals surface area contributed by atoms with Gasteiger partial charge in [0.05, 0.1) is 18.2 Å². The summed E-state index contributed by atoms with van der Waals surface area (Å²) in [5.41, 5.74) is 1.01. The third-order valence-electron chi connectivity index (χ3n) is 4.09. The molecular formula is C17H27NO3. The van der Waals surface area contributed by atoms with Crippen molar-refractivity contribution in [3.63, 3.8) is 0 Å². The zero-order valence-corrected chi connectivity index (χ0v) is 13.4. The third kappa shape index (κ3) is 3.76. The van der Waals surface area contributed by atoms with Crippen molar-refractivity contribution < 1.29 is 14.2 Å². The standard InChI is InChI=1S/C17H27NO3/c1-4-20-15-8-6-7-14(13-15)16(18-3)17(21-5-2)9-11-19-12-10-17/h6-8,13,16,18H,4-5,9-12H2,1-3H3. The lowest BCUT2D eigenvalue weighted by Gasteiger charge is -2.43. The van der Waals surface area contributed by atoms with Crippen LogP contribution in [0.15, 0.2) is 24.3 Å². The van der Waals surface area contributed by atoms with Crippen LogP contribution in [0.1, 0.15) is 38.3 Å². The van der Waals surface area contributed by atoms with E-state index in [1.54, 1.807) is 0 Å². The molecule has 1 fully saturated rings. The van der Waals surface area contributed by atoms with Gasteiger partial charge in [-0.2, -0.15) is 0 Å². The lowest BCUT2D eigenvalue weighted by molar-refractivity contribution is -0.127. The van der Waals surface area contributed by atoms with Crippen LogP contribution in [0.5, 0.6) is 5.75 Å². The van der Waals surface area contributed by atoms with E-state index < -0.39 is 0 Å². The van der Waals surface area contributed by atoms with Crippen LogP contribution in [0.4, 0.5) is 0 Å². The van der Waals surface area contributed by atoms with Gasteiger partial charge in [-0.1, -0.05) is 12.1 Å². The molecule has 0 aromatic heterocycles. The van der Waals surface area contributed by atoms with Gasteiger partial charge in [0.2, 0.25) is 0 Å². The first kappa shape index (κ1) is 16.3. The molecule has 1 aliphatic heterocycles. The van der Waals surface area contributed by atoms with E-state index in [9.17, 15) is 0 Å². The Morgan fingerprint density at radius 2 is 2.00 bits per heavy atom. The van der Waals surface area contributed by atoms with Crippen LogP contribution in [0.25, 0.3) is 0 Å². The Kier molecular flexibility index (Phi) is 6.03. The minimum absolute atomic E-state index is 0.141. The highest BCUT2D eigenvalue weighted by Crippen LogP contribution is 2.38. The molecule has 1 aromatic rings. The molecule has 4 heteroatoms. The zero-order chi connectivity index (χ0) is 15.1. The summed E-state index contributed by atoms with van der Waals surface area (Å²) < 4.78 is 17.4. The molecule has 0 spiro atoms. The number of hydrogen-bond acceptors (Lipinski definition) is 4. The van der Waals surface area contributed by atoms with E-state index in [0.717, 1.165) is 31.8 Å². The van der Waals surface area contributed by atoms with Crippen LogP contribution in [0, 0.1) is 0 Å². The average molecular weight is 293 g/mol. The first-order valence-corrected chi connectivity index (χ1v) is 7.87. The van der Waals surface area contributed by atoms with Crippen LogP contribution in [0.2, 0.25) is 0 Å². The first-order chi connectivity index (χ1) is 10.3. The molecule has 0 radical (unpaired) electrons. The Hall–Kier alpha value is -1.10. The van der Waals surface area contributed by atoms with E-state index in [1.165, 1.54) is 5.56 Å². The van der Waals surface area contributed by atoms with Gasteiger partial charge in [-0.25, -0.2) is 0 Å². The number of benzene rings is 1. The summed E-state index contributed by atoms with van der Waals surface area (Å²) in [4.78, 5) is 0. The summed E-state index contributed by atoms with van der Waals surface area (Å²) in [6.45, 7) is 6.96. The summed E-state index contributed by atoms with van der Waals surface area (Å²) in [7, 11) is 1.99. The Labute approximate surface area is 127 Å². The maximum atomic E-state index is 6.19. The van der Waals surface area contributed by atoms with Gasteiger partial charge in [0.15, 0.2) is 0 Å². The van der Waals surface area contributed by atoms with Gasteiger partial charge in [-0.05, 0) is 38.6 Å². The second-order valence-corrected chi connectivity index (χ2v) is 5.34. The fraction of sp³-hybridized carbons (Fsp3) is 0.647. The Balaban J connectivity index is 2.29. The Morgan fingerprint density at radius 1 is 1.24 bits per heavy atom. The number of ether oxygens (including phenoxy) is 3. The summed E-state index contributed by atoms with van der Waals surface area (Å²) in [6.07, 6.45) is 1.82. The SMILES string of the molecule is CCOc1cccc(C(NC)C2(OCC)CCOCC2)c1. The van der Waals surface area contributed by atoms with Crippen molar-refractivity contribution in [3.8, 4) is 5.75 Å². The molecule has 1 atom stereocenters. The van der Waals surface area contributed by atoms with E-state index in [-0.39, 0.29) is 11.6 Å². The maximum absolute atomic E-state index is 6.19. The molecule has 21 heavy (non-hydrogen) atoms. The molecule has 118 valence electrons. The summed E-state index contributed by atoms with van der Waals surface area (Å²) in [5.74, 6) is 0.911. The Bertz CT molecular complexity index is 424. The van der Waals surface area contributed by atoms with Gasteiger partial charge in [-0.3, -0.25) is 0 Å². The first-order valence-electron chi connectivity index (χ1n) is 7.87. The molecule has 4 nitrogen and oxygen atoms in total. The van der Waals surface area contributed by atoms with Gasteiger partial charge < -0.3 is 19.5 Å². The normalized spacial score (nSPS) is 19.2. The minimum atomic E-state index is -0.202. The van der Waals surface area contributed by atoms with Crippen molar-refractivity contribution in [3.05, 3.63) is 29.8 Å². The predicted octanol–water partition coefficient (Wildman–Crippen LogP) is 2.93. The molecule has 1 saturated heterocycles. The van der Waals surface area contributed by atoms with Crippen molar-refractivity contribution in [1.82, 2.24) is 5.32 Å². The maximum Gasteiger partial charge on any atom is 0.119 e. The molecule has 0 saturated carbocycles. The number of nitrogens with one attached hydrogen (secondary N) is 1. The predicted molar refractivity (Wildman–Crippen MR) is 83.8 cm³/mol. The molecule has 1 N–H and O–H groups in total. The van der Waals surface area contributed by atoms with Crippen molar-refractivity contribution in [2.45, 2.75) is 38.3 Å². The fourth-order valence-electron chi connectivity index (χ4n) is 3.20. The molecule has 1 unspecified atom stereocenters. The molecule has 0 aliphatic carbocycles. The van der Waals surface area contributed by atoms with E-state index in [0.29, 0.717) is 13.2 Å². The van der Waals surface area contributed by atoms with E-state index >= 15 is 0 Å². The lowest BCUT2D eigenvalue weighted by Crippen LogP contribution is -2.49. The number of likely N-dealkylation sites (N-methyl/N-ethyl adjacent to an activating group) is 1. The average Bonchev–Trinajstić information content (AvgIpc) is 2.50. The van der Waals surface area contributed by atoms with Crippen LogP contribution in [-0.2, 0) is 9.47 Å². The summed E-state index contributed by atoms with van der Waals surface area (Å²) in [6, 6.07) is 8.43. The molecule has 2 rings (SSSR count). The fourth-order valence-corrected chi connectivity index (χ4v) is 3.20. The smallest absolute Gasteiger partial charge is 0.119 e. The molecule has 0 amide bonds. The minimum Gasteiger partial charge on any atom is -0.494 e. The highest BCUT2D eigenvalue weighted by atomic mass is 16.5. The quantitative estimate of drug-likeness (QED) is 0.839. The lowest BCUT2D eigenvalue weighted by atomic mass is 9.82. The van der Waals surface area contributed by atoms with Gasteiger partial charge in [-0.15, -0.1) is 0 Å². The summed E-state index contributed by atoms with van der Waals surface area (Å²) in [5, 5.41) is 3.45. The summed E-state index contributed by atoms with van der Waals surface area (Å²) >= 11 is 0. The Morgan fingerprint density at radius 3 is 2.62 bits per heavy atom. The van der Waals surface area contributed by atoms with Crippen LogP contribution >= 0.6 is 0 Å². The topological polar surface area (TPSA) is 39.7 Å². The molecule has 1 aromatic carbocycles. The third-order valence-corrected chi connectivity index (χ3v) is 4.09. The second-order valence-electron chi connectivity index (χ2n) is 5.34. The second kappa shape index (κ2) is 7.78. The van der Waals surface area contributed by atoms with E-state index in [1.807, 2.05) is 26.1 Å². The zero-order valence-electron chi connectivity index (χ0n) is 13.4. The van der Waals surface area contributed by atoms with Gasteiger partial charge >= 0.3 is 0 Å². The van der Waals surface area contributed by atoms with Crippen LogP contribution < -0.4 is 10.1 Å². The van der Waals surface area contributed by atoms with Crippen LogP contribution in [-0.4, -0.2) is 39.1 Å². The van der Waals surface area contributed by atoms with Crippen molar-refractivity contribution >= 4 is 0 Å². The molecule has 0 bridgehead atoms. The van der Waals surface area contributed by atoms with E-state index in [4.69, 9.17) is 14.2 Å². The molecule has 1 heterocycles. The monoisotopic (exact) mass is 293 g/mol. The molecule has 1 aliphatic rings. The van der Waals surface area contributed by atoms with Gasteiger partial charge in [0, 0.05) is 32.7 Å². The van der Waals surface area contributed by atoms with Gasteiger partial charge in [0.25, 0.3) is 0 Å². The molecular weight excluding hydrogens is 266 g/mol. The van der Waals surface area contributed by atoms with Crippen molar-refractivity contribution in [1.29, 1.82) is 0 Å². The van der Waals surface area contributed by atoms with Crippen LogP contribution in [0.3, 0.4) is 0 Å². The largest absolute Gasteiger partial charge is 0.494 e. The van der Waals surface area contributed by atoms with Crippen molar-refractivity contribution in [2.75, 3.05) is 33.5 Å². The van der Waals surface area contributed by atoms with E-state index in [2.05, 4.69) is 24.4 Å². The van der Waals surface area contributed by atoms with Gasteiger partial charge in [0.1, 0.15) is 5.75 Å². The number of hydrogen-bond donors (Lipinski definition) is 1. The van der Waals surface area contributed by atoms with Crippen molar-refractivity contribution in [2.24, 2.45) is 0 Å². The number of rotatable bonds is 7. The highest BCUT2D eigenvalue weighted by Gasteiger charge is 2.41.